The Morgan fingerprint density at radius 3 is 2.50 bits per heavy atom. The Labute approximate surface area is 79.5 Å². The summed E-state index contributed by atoms with van der Waals surface area (Å²) in [6, 6.07) is -1.10. The van der Waals surface area contributed by atoms with E-state index in [-0.39, 0.29) is 12.5 Å². The molecule has 1 N–H and O–H groups in total. The first kappa shape index (κ1) is 10.9. The van der Waals surface area contributed by atoms with Crippen LogP contribution in [0.1, 0.15) is 13.3 Å². The zero-order valence-corrected chi connectivity index (χ0v) is 7.61. The van der Waals surface area contributed by atoms with E-state index >= 15 is 0 Å². The summed E-state index contributed by atoms with van der Waals surface area (Å²) in [6.07, 6.45) is -2.67. The maximum Gasteiger partial charge on any atom is 0.326 e. The van der Waals surface area contributed by atoms with Crippen molar-refractivity contribution in [3.05, 3.63) is 0 Å². The van der Waals surface area contributed by atoms with Crippen LogP contribution < -0.4 is 0 Å². The fraction of sp³-hybridized carbons (Fsp3) is 0.750. The van der Waals surface area contributed by atoms with E-state index < -0.39 is 24.3 Å². The van der Waals surface area contributed by atoms with Gasteiger partial charge in [0.2, 0.25) is 0 Å². The van der Waals surface area contributed by atoms with Crippen LogP contribution in [0.25, 0.3) is 0 Å². The largest absolute Gasteiger partial charge is 0.480 e. The SMILES string of the molecule is CC1CCN(C(=O)C(F)F)C1C(=O)O. The number of nitrogens with zero attached hydrogens (tertiary/aromatic N) is 1. The standard InChI is InChI=1S/C8H11F2NO3/c1-4-2-3-11(5(4)8(13)14)7(12)6(9)10/h4-6H,2-3H2,1H3,(H,13,14). The summed E-state index contributed by atoms with van der Waals surface area (Å²) in [7, 11) is 0. The minimum Gasteiger partial charge on any atom is -0.480 e. The normalized spacial score (nSPS) is 27.0. The van der Waals surface area contributed by atoms with Crippen LogP contribution in [0, 0.1) is 5.92 Å². The Morgan fingerprint density at radius 1 is 1.50 bits per heavy atom. The van der Waals surface area contributed by atoms with Crippen molar-refractivity contribution in [1.29, 1.82) is 0 Å². The average molecular weight is 207 g/mol. The molecule has 1 heterocycles. The fourth-order valence-corrected chi connectivity index (χ4v) is 1.70. The summed E-state index contributed by atoms with van der Waals surface area (Å²) in [6.45, 7) is 1.73. The number of hydrogen-bond donors (Lipinski definition) is 1. The van der Waals surface area contributed by atoms with E-state index in [4.69, 9.17) is 5.11 Å². The lowest BCUT2D eigenvalue weighted by Crippen LogP contribution is -2.45. The van der Waals surface area contributed by atoms with Crippen LogP contribution in [0.15, 0.2) is 0 Å². The van der Waals surface area contributed by atoms with Crippen molar-refractivity contribution < 1.29 is 23.5 Å². The number of carboxylic acids is 1. The molecule has 6 heteroatoms. The topological polar surface area (TPSA) is 57.6 Å². The molecule has 0 radical (unpaired) electrons. The molecule has 1 aliphatic rings. The summed E-state index contributed by atoms with van der Waals surface area (Å²) in [5.74, 6) is -2.87. The van der Waals surface area contributed by atoms with E-state index in [0.29, 0.717) is 6.42 Å². The van der Waals surface area contributed by atoms with Gasteiger partial charge in [-0.2, -0.15) is 8.78 Å². The Balaban J connectivity index is 2.79. The number of carboxylic acid groups (broad SMARTS) is 1. The third-order valence-electron chi connectivity index (χ3n) is 2.42. The van der Waals surface area contributed by atoms with Gasteiger partial charge in [-0.25, -0.2) is 4.79 Å². The molecule has 14 heavy (non-hydrogen) atoms. The summed E-state index contributed by atoms with van der Waals surface area (Å²) in [4.78, 5) is 22.4. The smallest absolute Gasteiger partial charge is 0.326 e. The molecule has 0 bridgehead atoms. The highest BCUT2D eigenvalue weighted by Crippen LogP contribution is 2.25. The van der Waals surface area contributed by atoms with Crippen molar-refractivity contribution in [1.82, 2.24) is 4.90 Å². The molecule has 0 aliphatic carbocycles. The minimum absolute atomic E-state index is 0.0985. The predicted octanol–water partition coefficient (Wildman–Crippen LogP) is 0.573. The molecular weight excluding hydrogens is 196 g/mol. The number of halogens is 2. The zero-order chi connectivity index (χ0) is 10.9. The van der Waals surface area contributed by atoms with Gasteiger partial charge in [-0.3, -0.25) is 4.79 Å². The van der Waals surface area contributed by atoms with Gasteiger partial charge < -0.3 is 10.0 Å². The summed E-state index contributed by atoms with van der Waals surface area (Å²) in [5, 5.41) is 8.75. The maximum atomic E-state index is 12.1. The number of hydrogen-bond acceptors (Lipinski definition) is 2. The van der Waals surface area contributed by atoms with E-state index in [0.717, 1.165) is 4.90 Å². The van der Waals surface area contributed by atoms with Crippen LogP contribution >= 0.6 is 0 Å². The van der Waals surface area contributed by atoms with Gasteiger partial charge in [0.25, 0.3) is 5.91 Å². The molecule has 1 aliphatic heterocycles. The van der Waals surface area contributed by atoms with Gasteiger partial charge in [-0.15, -0.1) is 0 Å². The average Bonchev–Trinajstić information content (AvgIpc) is 2.45. The molecule has 2 unspecified atom stereocenters. The quantitative estimate of drug-likeness (QED) is 0.720. The van der Waals surface area contributed by atoms with Crippen LogP contribution in [-0.2, 0) is 9.59 Å². The number of carbonyl (C=O) groups excluding carboxylic acids is 1. The van der Waals surface area contributed by atoms with E-state index in [9.17, 15) is 18.4 Å². The van der Waals surface area contributed by atoms with Crippen LogP contribution in [-0.4, -0.2) is 40.9 Å². The van der Waals surface area contributed by atoms with Crippen molar-refractivity contribution in [3.63, 3.8) is 0 Å². The minimum atomic E-state index is -3.12. The second-order valence-electron chi connectivity index (χ2n) is 3.38. The number of alkyl halides is 2. The Morgan fingerprint density at radius 2 is 2.07 bits per heavy atom. The number of amides is 1. The lowest BCUT2D eigenvalue weighted by atomic mass is 10.0. The molecule has 0 spiro atoms. The van der Waals surface area contributed by atoms with Gasteiger partial charge in [0.1, 0.15) is 6.04 Å². The highest BCUT2D eigenvalue weighted by Gasteiger charge is 2.41. The number of aliphatic carboxylic acids is 1. The molecule has 1 amide bonds. The lowest BCUT2D eigenvalue weighted by Gasteiger charge is -2.22. The third-order valence-corrected chi connectivity index (χ3v) is 2.42. The van der Waals surface area contributed by atoms with Crippen LogP contribution in [0.3, 0.4) is 0 Å². The molecule has 0 aromatic rings. The van der Waals surface area contributed by atoms with Gasteiger partial charge in [0, 0.05) is 6.54 Å². The Kier molecular flexibility index (Phi) is 3.03. The molecule has 0 aromatic heterocycles. The zero-order valence-electron chi connectivity index (χ0n) is 7.61. The van der Waals surface area contributed by atoms with E-state index in [1.54, 1.807) is 6.92 Å². The van der Waals surface area contributed by atoms with Crippen LogP contribution in [0.5, 0.6) is 0 Å². The van der Waals surface area contributed by atoms with Crippen molar-refractivity contribution in [3.8, 4) is 0 Å². The molecule has 0 aromatic carbocycles. The van der Waals surface area contributed by atoms with Crippen LogP contribution in [0.4, 0.5) is 8.78 Å². The van der Waals surface area contributed by atoms with E-state index in [1.807, 2.05) is 0 Å². The summed E-state index contributed by atoms with van der Waals surface area (Å²) < 4.78 is 24.1. The van der Waals surface area contributed by atoms with Gasteiger partial charge in [0.15, 0.2) is 0 Å². The number of likely N-dealkylation sites (tertiary alicyclic amines) is 1. The monoisotopic (exact) mass is 207 g/mol. The Hall–Kier alpha value is -1.20. The van der Waals surface area contributed by atoms with Gasteiger partial charge >= 0.3 is 12.4 Å². The Bertz CT molecular complexity index is 257. The first-order valence-corrected chi connectivity index (χ1v) is 4.26. The predicted molar refractivity (Wildman–Crippen MR) is 42.9 cm³/mol. The van der Waals surface area contributed by atoms with Crippen molar-refractivity contribution in [2.75, 3.05) is 6.54 Å². The second kappa shape index (κ2) is 3.89. The van der Waals surface area contributed by atoms with Crippen molar-refractivity contribution in [2.24, 2.45) is 5.92 Å². The molecule has 1 rings (SSSR count). The van der Waals surface area contributed by atoms with Crippen molar-refractivity contribution >= 4 is 11.9 Å². The first-order valence-electron chi connectivity index (χ1n) is 4.26. The maximum absolute atomic E-state index is 12.1. The van der Waals surface area contributed by atoms with E-state index in [2.05, 4.69) is 0 Å². The molecule has 0 saturated carbocycles. The summed E-state index contributed by atoms with van der Waals surface area (Å²) in [5.41, 5.74) is 0. The molecule has 1 saturated heterocycles. The molecule has 4 nitrogen and oxygen atoms in total. The third kappa shape index (κ3) is 1.83. The van der Waals surface area contributed by atoms with Gasteiger partial charge in [-0.05, 0) is 12.3 Å². The molecule has 1 fully saturated rings. The van der Waals surface area contributed by atoms with Gasteiger partial charge in [0.05, 0.1) is 0 Å². The highest BCUT2D eigenvalue weighted by molar-refractivity contribution is 5.86. The molecule has 80 valence electrons. The molecule has 2 atom stereocenters. The highest BCUT2D eigenvalue weighted by atomic mass is 19.3. The second-order valence-corrected chi connectivity index (χ2v) is 3.38. The van der Waals surface area contributed by atoms with Crippen LogP contribution in [0.2, 0.25) is 0 Å². The fourth-order valence-electron chi connectivity index (χ4n) is 1.70. The van der Waals surface area contributed by atoms with Gasteiger partial charge in [-0.1, -0.05) is 6.92 Å². The number of rotatable bonds is 2. The number of carbonyl (C=O) groups is 2. The van der Waals surface area contributed by atoms with E-state index in [1.165, 1.54) is 0 Å². The molecular formula is C8H11F2NO3. The van der Waals surface area contributed by atoms with Crippen molar-refractivity contribution in [2.45, 2.75) is 25.8 Å². The first-order chi connectivity index (χ1) is 6.45. The lowest BCUT2D eigenvalue weighted by molar-refractivity contribution is -0.154. The summed E-state index contributed by atoms with van der Waals surface area (Å²) >= 11 is 0.